The Hall–Kier alpha value is 1.78. The quantitative estimate of drug-likeness (QED) is 0.402. The molecule has 0 radical (unpaired) electrons. The van der Waals surface area contributed by atoms with Crippen LogP contribution < -0.4 is 9.32 Å². The van der Waals surface area contributed by atoms with Gasteiger partial charge in [-0.25, -0.2) is 0 Å². The third kappa shape index (κ3) is 9.22. The Balaban J connectivity index is 0. The predicted octanol–water partition coefficient (Wildman–Crippen LogP) is -2.76. The molecule has 0 saturated carbocycles. The molecule has 0 spiro atoms. The molecule has 0 fully saturated rings. The average molecular weight is 205 g/mol. The van der Waals surface area contributed by atoms with Crippen molar-refractivity contribution >= 4 is 48.9 Å². The second kappa shape index (κ2) is 8.84. The normalized spacial score (nSPS) is 4.50. The molecule has 0 N–H and O–H groups in total. The third-order valence-corrected chi connectivity index (χ3v) is 0. The van der Waals surface area contributed by atoms with Crippen LogP contribution in [0.4, 0.5) is 0 Å². The van der Waals surface area contributed by atoms with Gasteiger partial charge in [-0.3, -0.25) is 0 Å². The van der Waals surface area contributed by atoms with Gasteiger partial charge < -0.3 is 9.32 Å². The molecule has 0 amide bonds. The number of rotatable bonds is 0. The molecule has 20 valence electrons. The Kier molecular flexibility index (Phi) is 20.4. The molecule has 0 aliphatic carbocycles. The number of hydrogen-bond acceptors (Lipinski definition) is 2. The van der Waals surface area contributed by atoms with E-state index in [9.17, 15) is 0 Å². The summed E-state index contributed by atoms with van der Waals surface area (Å²) in [6.45, 7) is 0. The van der Waals surface area contributed by atoms with Crippen LogP contribution in [0.25, 0.3) is 0 Å². The van der Waals surface area contributed by atoms with Crippen molar-refractivity contribution in [3.63, 3.8) is 0 Å². The van der Waals surface area contributed by atoms with Crippen molar-refractivity contribution in [2.75, 3.05) is 0 Å². The van der Waals surface area contributed by atoms with E-state index >= 15 is 0 Å². The average Bonchev–Trinajstić information content (AvgIpc) is 0.918. The van der Waals surface area contributed by atoms with E-state index in [1.807, 2.05) is 0 Å². The van der Waals surface area contributed by atoms with Crippen molar-refractivity contribution in [1.29, 1.82) is 0 Å². The van der Waals surface area contributed by atoms with E-state index in [2.05, 4.69) is 0 Å². The van der Waals surface area contributed by atoms with Crippen molar-refractivity contribution in [3.8, 4) is 0 Å². The number of hydrogen-bond donors (Lipinski definition) is 0. The first-order valence-electron chi connectivity index (χ1n) is 0.309. The third-order valence-electron chi connectivity index (χ3n) is 0. The summed E-state index contributed by atoms with van der Waals surface area (Å²) in [6, 6.07) is 0. The largest absolute Gasteiger partial charge is 2.00 e. The minimum Gasteiger partial charge on any atom is -0.544 e. The van der Waals surface area contributed by atoms with Gasteiger partial charge in [0.25, 0.3) is 0 Å². The van der Waals surface area contributed by atoms with Gasteiger partial charge in [0.1, 0.15) is 0 Å². The van der Waals surface area contributed by atoms with Gasteiger partial charge in [-0.05, 0) is 0 Å². The Morgan fingerprint density at radius 1 is 1.25 bits per heavy atom. The molecule has 4 heteroatoms. The fourth-order valence-electron chi connectivity index (χ4n) is 0. The van der Waals surface area contributed by atoms with E-state index in [0.717, 1.165) is 0 Å². The molecule has 0 atom stereocenters. The van der Waals surface area contributed by atoms with Crippen molar-refractivity contribution in [2.45, 2.75) is 0 Å². The van der Waals surface area contributed by atoms with Gasteiger partial charge in [-0.1, -0.05) is 0 Å². The summed E-state index contributed by atoms with van der Waals surface area (Å²) in [5.74, 6) is 0. The van der Waals surface area contributed by atoms with Gasteiger partial charge in [0.2, 0.25) is 0 Å². The van der Waals surface area contributed by atoms with Crippen LogP contribution in [0, 0.1) is 11.3 Å². The van der Waals surface area contributed by atoms with Gasteiger partial charge in [0.05, 0.1) is 11.3 Å². The molecule has 0 aromatic carbocycles. The molecule has 0 aliphatic heterocycles. The van der Waals surface area contributed by atoms with Crippen LogP contribution in [0.1, 0.15) is 0 Å². The van der Waals surface area contributed by atoms with Gasteiger partial charge in [-0.15, -0.1) is 0 Å². The topological polar surface area (TPSA) is 46.1 Å². The van der Waals surface area contributed by atoms with Crippen molar-refractivity contribution < 1.29 is 20.6 Å². The summed E-state index contributed by atoms with van der Waals surface area (Å²) < 4.78 is 16.5. The SMILES string of the molecule is [Ba+2].[O-][Cl+][O-]. The van der Waals surface area contributed by atoms with E-state index in [0.29, 0.717) is 0 Å². The van der Waals surface area contributed by atoms with Crippen molar-refractivity contribution in [1.82, 2.24) is 0 Å². The molecule has 0 saturated heterocycles. The summed E-state index contributed by atoms with van der Waals surface area (Å²) in [5, 5.41) is 0. The molecule has 2 nitrogen and oxygen atoms in total. The van der Waals surface area contributed by atoms with E-state index < -0.39 is 11.3 Å². The van der Waals surface area contributed by atoms with Crippen LogP contribution >= 0.6 is 0 Å². The Labute approximate surface area is 68.3 Å². The molecule has 0 rings (SSSR count). The molecule has 0 aliphatic rings. The molecular formula is BaClO2+. The van der Waals surface area contributed by atoms with E-state index in [1.54, 1.807) is 0 Å². The van der Waals surface area contributed by atoms with Gasteiger partial charge in [0, 0.05) is 0 Å². The first-order valence-corrected chi connectivity index (χ1v) is 0.926. The minimum atomic E-state index is -0.417. The van der Waals surface area contributed by atoms with Crippen LogP contribution in [0.15, 0.2) is 0 Å². The zero-order chi connectivity index (χ0) is 2.71. The van der Waals surface area contributed by atoms with E-state index in [1.165, 1.54) is 0 Å². The Bertz CT molecular complexity index is 6.00. The maximum absolute atomic E-state index is 8.24. The number of halogens is 1. The maximum Gasteiger partial charge on any atom is 2.00 e. The first kappa shape index (κ1) is 9.24. The zero-order valence-electron chi connectivity index (χ0n) is 1.90. The maximum atomic E-state index is 8.24. The minimum absolute atomic E-state index is 0. The fourth-order valence-corrected chi connectivity index (χ4v) is 0. The standard InChI is InChI=1S/Ba.ClO2/c;2-1-3/q+2;-1. The van der Waals surface area contributed by atoms with Crippen LogP contribution in [-0.4, -0.2) is 48.9 Å². The van der Waals surface area contributed by atoms with Gasteiger partial charge in [-0.2, -0.15) is 0 Å². The van der Waals surface area contributed by atoms with E-state index in [-0.39, 0.29) is 48.9 Å². The Morgan fingerprint density at radius 2 is 1.25 bits per heavy atom. The molecule has 0 aromatic heterocycles. The summed E-state index contributed by atoms with van der Waals surface area (Å²) in [7, 11) is 0. The molecular weight excluding hydrogens is 205 g/mol. The van der Waals surface area contributed by atoms with Crippen LogP contribution in [-0.2, 0) is 0 Å². The monoisotopic (exact) mass is 205 g/mol. The summed E-state index contributed by atoms with van der Waals surface area (Å²) >= 11 is -0.417. The molecule has 0 aromatic rings. The molecule has 0 bridgehead atoms. The second-order valence-corrected chi connectivity index (χ2v) is 0.189. The van der Waals surface area contributed by atoms with Gasteiger partial charge >= 0.3 is 48.9 Å². The summed E-state index contributed by atoms with van der Waals surface area (Å²) in [6.07, 6.45) is 0. The zero-order valence-corrected chi connectivity index (χ0v) is 7.10. The van der Waals surface area contributed by atoms with Crippen LogP contribution in [0.2, 0.25) is 0 Å². The first-order chi connectivity index (χ1) is 1.41. The molecule has 0 unspecified atom stereocenters. The second-order valence-electron chi connectivity index (χ2n) is 0.0630. The van der Waals surface area contributed by atoms with Crippen molar-refractivity contribution in [3.05, 3.63) is 0 Å². The summed E-state index contributed by atoms with van der Waals surface area (Å²) in [5.41, 5.74) is 0. The fraction of sp³-hybridized carbons (Fsp3) is 0. The van der Waals surface area contributed by atoms with E-state index in [4.69, 9.17) is 9.32 Å². The van der Waals surface area contributed by atoms with Crippen LogP contribution in [0.5, 0.6) is 0 Å². The Morgan fingerprint density at radius 3 is 1.25 bits per heavy atom. The predicted molar refractivity (Wildman–Crippen MR) is 5.75 cm³/mol. The van der Waals surface area contributed by atoms with Gasteiger partial charge in [0.15, 0.2) is 0 Å². The molecule has 0 heterocycles. The smallest absolute Gasteiger partial charge is 0.544 e. The van der Waals surface area contributed by atoms with Crippen molar-refractivity contribution in [2.24, 2.45) is 0 Å². The summed E-state index contributed by atoms with van der Waals surface area (Å²) in [4.78, 5) is 0. The molecule has 4 heavy (non-hydrogen) atoms. The van der Waals surface area contributed by atoms with Crippen LogP contribution in [0.3, 0.4) is 0 Å².